The van der Waals surface area contributed by atoms with Crippen LogP contribution in [0.15, 0.2) is 16.9 Å². The van der Waals surface area contributed by atoms with E-state index in [1.54, 1.807) is 6.92 Å². The van der Waals surface area contributed by atoms with Gasteiger partial charge in [-0.1, -0.05) is 0 Å². The van der Waals surface area contributed by atoms with Gasteiger partial charge in [-0.15, -0.1) is 0 Å². The normalized spacial score (nSPS) is 10.6. The van der Waals surface area contributed by atoms with Crippen molar-refractivity contribution in [3.63, 3.8) is 0 Å². The quantitative estimate of drug-likeness (QED) is 0.620. The van der Waals surface area contributed by atoms with Crippen molar-refractivity contribution in [3.05, 3.63) is 38.2 Å². The van der Waals surface area contributed by atoms with E-state index in [0.29, 0.717) is 11.3 Å². The second-order valence-electron chi connectivity index (χ2n) is 3.78. The Kier molecular flexibility index (Phi) is 2.66. The Labute approximate surface area is 101 Å². The number of hydrogen-bond acceptors (Lipinski definition) is 5. The smallest absolute Gasteiger partial charge is 0.375 e. The first kappa shape index (κ1) is 11.9. The number of aromatic hydroxyl groups is 1. The van der Waals surface area contributed by atoms with Crippen LogP contribution in [-0.4, -0.2) is 22.1 Å². The molecule has 0 amide bonds. The van der Waals surface area contributed by atoms with Crippen molar-refractivity contribution >= 4 is 16.6 Å². The van der Waals surface area contributed by atoms with Gasteiger partial charge in [-0.3, -0.25) is 14.9 Å². The number of rotatable bonds is 2. The minimum absolute atomic E-state index is 0.208. The van der Waals surface area contributed by atoms with E-state index in [4.69, 9.17) is 4.74 Å². The Morgan fingerprint density at radius 2 is 2.11 bits per heavy atom. The van der Waals surface area contributed by atoms with Gasteiger partial charge in [-0.05, 0) is 18.6 Å². The molecular formula is C11H10N2O5. The van der Waals surface area contributed by atoms with Crippen molar-refractivity contribution in [2.45, 2.75) is 6.92 Å². The molecule has 1 aromatic heterocycles. The lowest BCUT2D eigenvalue weighted by Crippen LogP contribution is -2.11. The summed E-state index contributed by atoms with van der Waals surface area (Å²) >= 11 is 0. The summed E-state index contributed by atoms with van der Waals surface area (Å²) in [5.74, 6) is -0.115. The van der Waals surface area contributed by atoms with E-state index in [1.807, 2.05) is 0 Å². The number of nitrogens with one attached hydrogen (secondary N) is 1. The average molecular weight is 250 g/mol. The minimum atomic E-state index is -0.948. The van der Waals surface area contributed by atoms with Gasteiger partial charge >= 0.3 is 11.2 Å². The van der Waals surface area contributed by atoms with Gasteiger partial charge in [0.25, 0.3) is 0 Å². The third-order valence-electron chi connectivity index (χ3n) is 2.66. The number of ether oxygens (including phenoxy) is 1. The first-order chi connectivity index (χ1) is 8.45. The fourth-order valence-electron chi connectivity index (χ4n) is 1.79. The Bertz CT molecular complexity index is 705. The molecule has 0 saturated carbocycles. The zero-order chi connectivity index (χ0) is 13.4. The third-order valence-corrected chi connectivity index (χ3v) is 2.66. The zero-order valence-corrected chi connectivity index (χ0v) is 9.68. The average Bonchev–Trinajstić information content (AvgIpc) is 2.29. The number of aryl methyl sites for hydroxylation is 1. The van der Waals surface area contributed by atoms with Crippen molar-refractivity contribution in [1.29, 1.82) is 0 Å². The lowest BCUT2D eigenvalue weighted by Gasteiger charge is -2.07. The third kappa shape index (κ3) is 1.65. The van der Waals surface area contributed by atoms with Gasteiger partial charge in [0.05, 0.1) is 17.5 Å². The van der Waals surface area contributed by atoms with Crippen LogP contribution in [0.4, 0.5) is 5.69 Å². The molecule has 0 unspecified atom stereocenters. The summed E-state index contributed by atoms with van der Waals surface area (Å²) in [5, 5.41) is 20.7. The predicted octanol–water partition coefficient (Wildman–Crippen LogP) is 1.46. The van der Waals surface area contributed by atoms with Gasteiger partial charge in [0.1, 0.15) is 5.75 Å². The highest BCUT2D eigenvalue weighted by Gasteiger charge is 2.22. The van der Waals surface area contributed by atoms with E-state index in [-0.39, 0.29) is 10.9 Å². The van der Waals surface area contributed by atoms with E-state index < -0.39 is 21.9 Å². The molecule has 2 rings (SSSR count). The molecule has 0 atom stereocenters. The summed E-state index contributed by atoms with van der Waals surface area (Å²) in [6.07, 6.45) is 0. The number of methoxy groups -OCH3 is 1. The lowest BCUT2D eigenvalue weighted by atomic mass is 10.1. The van der Waals surface area contributed by atoms with E-state index >= 15 is 0 Å². The van der Waals surface area contributed by atoms with E-state index in [1.165, 1.54) is 19.2 Å². The summed E-state index contributed by atoms with van der Waals surface area (Å²) < 4.78 is 5.07. The van der Waals surface area contributed by atoms with Crippen molar-refractivity contribution in [2.24, 2.45) is 0 Å². The number of benzene rings is 1. The van der Waals surface area contributed by atoms with E-state index in [9.17, 15) is 20.0 Å². The number of fused-ring (bicyclic) bond motifs is 1. The SMILES string of the molecule is COc1cc2[nH]c(=O)c([N+](=O)[O-])c(O)c2cc1C. The van der Waals surface area contributed by atoms with Crippen LogP contribution in [0.3, 0.4) is 0 Å². The van der Waals surface area contributed by atoms with E-state index in [0.717, 1.165) is 0 Å². The molecule has 0 aliphatic carbocycles. The first-order valence-electron chi connectivity index (χ1n) is 5.03. The fraction of sp³-hybridized carbons (Fsp3) is 0.182. The van der Waals surface area contributed by atoms with Crippen molar-refractivity contribution in [3.8, 4) is 11.5 Å². The lowest BCUT2D eigenvalue weighted by molar-refractivity contribution is -0.387. The predicted molar refractivity (Wildman–Crippen MR) is 64.2 cm³/mol. The topological polar surface area (TPSA) is 105 Å². The van der Waals surface area contributed by atoms with Crippen LogP contribution in [0, 0.1) is 17.0 Å². The number of pyridine rings is 1. The molecular weight excluding hydrogens is 240 g/mol. The first-order valence-corrected chi connectivity index (χ1v) is 5.03. The molecule has 0 spiro atoms. The fourth-order valence-corrected chi connectivity index (χ4v) is 1.79. The van der Waals surface area contributed by atoms with Crippen LogP contribution in [0.25, 0.3) is 10.9 Å². The van der Waals surface area contributed by atoms with Crippen LogP contribution in [-0.2, 0) is 0 Å². The summed E-state index contributed by atoms with van der Waals surface area (Å²) in [6.45, 7) is 1.73. The summed E-state index contributed by atoms with van der Waals surface area (Å²) in [6, 6.07) is 3.03. The molecule has 0 saturated heterocycles. The number of aromatic amines is 1. The Morgan fingerprint density at radius 3 is 2.67 bits per heavy atom. The molecule has 0 radical (unpaired) electrons. The molecule has 0 fully saturated rings. The van der Waals surface area contributed by atoms with Crippen LogP contribution >= 0.6 is 0 Å². The van der Waals surface area contributed by atoms with Crippen molar-refractivity contribution in [2.75, 3.05) is 7.11 Å². The van der Waals surface area contributed by atoms with Gasteiger partial charge in [0.2, 0.25) is 5.75 Å². The van der Waals surface area contributed by atoms with E-state index in [2.05, 4.69) is 4.98 Å². The zero-order valence-electron chi connectivity index (χ0n) is 9.68. The molecule has 0 bridgehead atoms. The molecule has 0 aliphatic heterocycles. The molecule has 2 N–H and O–H groups in total. The maximum absolute atomic E-state index is 11.5. The number of nitrogens with zero attached hydrogens (tertiary/aromatic N) is 1. The second-order valence-corrected chi connectivity index (χ2v) is 3.78. The number of H-pyrrole nitrogens is 1. The van der Waals surface area contributed by atoms with Gasteiger partial charge < -0.3 is 14.8 Å². The summed E-state index contributed by atoms with van der Waals surface area (Å²) in [4.78, 5) is 23.6. The highest BCUT2D eigenvalue weighted by molar-refractivity contribution is 5.89. The number of nitro groups is 1. The molecule has 94 valence electrons. The van der Waals surface area contributed by atoms with Crippen LogP contribution in [0.5, 0.6) is 11.5 Å². The molecule has 1 heterocycles. The maximum atomic E-state index is 11.5. The molecule has 1 aromatic carbocycles. The van der Waals surface area contributed by atoms with Crippen LogP contribution in [0.2, 0.25) is 0 Å². The van der Waals surface area contributed by atoms with Crippen molar-refractivity contribution in [1.82, 2.24) is 4.98 Å². The Morgan fingerprint density at radius 1 is 1.44 bits per heavy atom. The monoisotopic (exact) mass is 250 g/mol. The summed E-state index contributed by atoms with van der Waals surface area (Å²) in [7, 11) is 1.47. The minimum Gasteiger partial charge on any atom is -0.501 e. The molecule has 2 aromatic rings. The molecule has 7 nitrogen and oxygen atoms in total. The Balaban J connectivity index is 2.91. The largest absolute Gasteiger partial charge is 0.501 e. The molecule has 0 aliphatic rings. The van der Waals surface area contributed by atoms with Crippen LogP contribution < -0.4 is 10.3 Å². The van der Waals surface area contributed by atoms with Gasteiger partial charge in [0.15, 0.2) is 0 Å². The highest BCUT2D eigenvalue weighted by atomic mass is 16.6. The van der Waals surface area contributed by atoms with Gasteiger partial charge in [-0.25, -0.2) is 0 Å². The standard InChI is InChI=1S/C11H10N2O5/c1-5-3-6-7(4-8(5)18-2)12-11(15)9(10(6)14)13(16)17/h3-4H,1-2H3,(H2,12,14,15). The van der Waals surface area contributed by atoms with Gasteiger partial charge in [0, 0.05) is 11.5 Å². The van der Waals surface area contributed by atoms with Crippen molar-refractivity contribution < 1.29 is 14.8 Å². The maximum Gasteiger partial charge on any atom is 0.375 e. The molecule has 7 heteroatoms. The van der Waals surface area contributed by atoms with Crippen LogP contribution in [0.1, 0.15) is 5.56 Å². The van der Waals surface area contributed by atoms with Gasteiger partial charge in [-0.2, -0.15) is 0 Å². The number of aromatic nitrogens is 1. The molecule has 18 heavy (non-hydrogen) atoms. The Hall–Kier alpha value is -2.57. The second kappa shape index (κ2) is 4.02. The highest BCUT2D eigenvalue weighted by Crippen LogP contribution is 2.33. The number of hydrogen-bond donors (Lipinski definition) is 2. The summed E-state index contributed by atoms with van der Waals surface area (Å²) in [5.41, 5.74) is -0.824.